The number of hydrogen-bond donors (Lipinski definition) is 1. The molecule has 30 heavy (non-hydrogen) atoms. The first-order valence-corrected chi connectivity index (χ1v) is 9.79. The Hall–Kier alpha value is -3.73. The molecule has 0 atom stereocenters. The molecule has 1 N–H and O–H groups in total. The van der Waals surface area contributed by atoms with Gasteiger partial charge in [0.05, 0.1) is 28.3 Å². The van der Waals surface area contributed by atoms with E-state index in [1.165, 1.54) is 34.1 Å². The number of carbonyl (C=O) groups excluding carboxylic acids is 1. The molecule has 11 heteroatoms. The molecule has 154 valence electrons. The first kappa shape index (κ1) is 19.6. The summed E-state index contributed by atoms with van der Waals surface area (Å²) in [4.78, 5) is 39.0. The van der Waals surface area contributed by atoms with Gasteiger partial charge in [-0.15, -0.1) is 0 Å². The number of oxazole rings is 1. The van der Waals surface area contributed by atoms with E-state index < -0.39 is 10.7 Å². The second-order valence-electron chi connectivity index (χ2n) is 6.41. The van der Waals surface area contributed by atoms with Crippen molar-refractivity contribution in [2.24, 2.45) is 0 Å². The van der Waals surface area contributed by atoms with E-state index >= 15 is 0 Å². The number of ether oxygens (including phenoxy) is 1. The highest BCUT2D eigenvalue weighted by atomic mass is 32.1. The van der Waals surface area contributed by atoms with Crippen molar-refractivity contribution in [3.63, 3.8) is 0 Å². The Morgan fingerprint density at radius 3 is 2.97 bits per heavy atom. The number of methoxy groups -OCH3 is 1. The van der Waals surface area contributed by atoms with Crippen LogP contribution >= 0.6 is 11.3 Å². The summed E-state index contributed by atoms with van der Waals surface area (Å²) in [6.07, 6.45) is 0.546. The van der Waals surface area contributed by atoms with Crippen LogP contribution in [-0.2, 0) is 11.3 Å². The lowest BCUT2D eigenvalue weighted by atomic mass is 10.2. The van der Waals surface area contributed by atoms with Gasteiger partial charge < -0.3 is 14.5 Å². The molecule has 4 aromatic rings. The Labute approximate surface area is 172 Å². The zero-order valence-corrected chi connectivity index (χ0v) is 16.6. The number of rotatable bonds is 7. The fraction of sp³-hybridized carbons (Fsp3) is 0.211. The average Bonchev–Trinajstić information content (AvgIpc) is 3.27. The average molecular weight is 428 g/mol. The number of para-hydroxylation sites is 1. The van der Waals surface area contributed by atoms with E-state index in [4.69, 9.17) is 9.15 Å². The molecule has 2 aromatic heterocycles. The van der Waals surface area contributed by atoms with Gasteiger partial charge in [0.1, 0.15) is 11.3 Å². The molecule has 0 aliphatic rings. The zero-order valence-electron chi connectivity index (χ0n) is 15.8. The predicted molar refractivity (Wildman–Crippen MR) is 111 cm³/mol. The molecule has 10 nitrogen and oxygen atoms in total. The van der Waals surface area contributed by atoms with Crippen LogP contribution in [0.15, 0.2) is 45.6 Å². The number of aryl methyl sites for hydroxylation is 1. The van der Waals surface area contributed by atoms with Crippen LogP contribution in [-0.4, -0.2) is 27.5 Å². The highest BCUT2D eigenvalue weighted by Crippen LogP contribution is 2.32. The van der Waals surface area contributed by atoms with Gasteiger partial charge in [-0.05, 0) is 24.6 Å². The van der Waals surface area contributed by atoms with Crippen LogP contribution in [0.3, 0.4) is 0 Å². The lowest BCUT2D eigenvalue weighted by Gasteiger charge is -2.03. The molecule has 0 fully saturated rings. The maximum absolute atomic E-state index is 12.3. The number of amides is 1. The Balaban J connectivity index is 1.41. The standard InChI is InChI=1S/C19H16N4O6S/c1-28-13-4-2-5-15-17(13)21-18(30-15)20-16(24)6-3-9-22-12-8-7-11(23(26)27)10-14(12)29-19(22)25/h2,4-5,7-8,10H,3,6,9H2,1H3,(H,20,21,24). The lowest BCUT2D eigenvalue weighted by Crippen LogP contribution is -2.17. The number of benzene rings is 2. The maximum atomic E-state index is 12.3. The molecule has 2 heterocycles. The molecule has 4 rings (SSSR count). The van der Waals surface area contributed by atoms with E-state index in [1.54, 1.807) is 13.2 Å². The summed E-state index contributed by atoms with van der Waals surface area (Å²) in [5.74, 6) is -0.218. The van der Waals surface area contributed by atoms with Crippen molar-refractivity contribution in [3.05, 3.63) is 57.1 Å². The minimum Gasteiger partial charge on any atom is -0.494 e. The number of carbonyl (C=O) groups is 1. The predicted octanol–water partition coefficient (Wildman–Crippen LogP) is 3.54. The summed E-state index contributed by atoms with van der Waals surface area (Å²) in [7, 11) is 1.56. The summed E-state index contributed by atoms with van der Waals surface area (Å²) < 4.78 is 12.6. The zero-order chi connectivity index (χ0) is 21.3. The molecule has 0 spiro atoms. The summed E-state index contributed by atoms with van der Waals surface area (Å²) in [6.45, 7) is 0.241. The van der Waals surface area contributed by atoms with Crippen LogP contribution in [0.2, 0.25) is 0 Å². The SMILES string of the molecule is COc1cccc2sc(NC(=O)CCCn3c(=O)oc4cc([N+](=O)[O-])ccc43)nc12. The van der Waals surface area contributed by atoms with E-state index in [9.17, 15) is 19.7 Å². The van der Waals surface area contributed by atoms with Gasteiger partial charge in [-0.2, -0.15) is 0 Å². The Morgan fingerprint density at radius 1 is 1.37 bits per heavy atom. The van der Waals surface area contributed by atoms with Crippen LogP contribution in [0.25, 0.3) is 21.3 Å². The van der Waals surface area contributed by atoms with Crippen LogP contribution in [0.5, 0.6) is 5.75 Å². The summed E-state index contributed by atoms with van der Waals surface area (Å²) >= 11 is 1.35. The molecule has 0 saturated heterocycles. The van der Waals surface area contributed by atoms with Crippen LogP contribution in [0.4, 0.5) is 10.8 Å². The smallest absolute Gasteiger partial charge is 0.419 e. The molecule has 0 aliphatic heterocycles. The van der Waals surface area contributed by atoms with Gasteiger partial charge in [0.15, 0.2) is 10.7 Å². The van der Waals surface area contributed by atoms with Gasteiger partial charge in [0.25, 0.3) is 5.69 Å². The number of nitro benzene ring substituents is 1. The topological polar surface area (TPSA) is 130 Å². The molecule has 0 unspecified atom stereocenters. The minimum absolute atomic E-state index is 0.141. The number of non-ortho nitro benzene ring substituents is 1. The number of fused-ring (bicyclic) bond motifs is 2. The van der Waals surface area contributed by atoms with Gasteiger partial charge >= 0.3 is 5.76 Å². The molecule has 0 radical (unpaired) electrons. The van der Waals surface area contributed by atoms with Crippen molar-refractivity contribution in [3.8, 4) is 5.75 Å². The minimum atomic E-state index is -0.621. The summed E-state index contributed by atoms with van der Waals surface area (Å²) in [5, 5.41) is 14.1. The van der Waals surface area contributed by atoms with Gasteiger partial charge in [-0.3, -0.25) is 19.5 Å². The number of nitrogens with zero attached hydrogens (tertiary/aromatic N) is 3. The quantitative estimate of drug-likeness (QED) is 0.352. The molecule has 1 amide bonds. The largest absolute Gasteiger partial charge is 0.494 e. The normalized spacial score (nSPS) is 11.1. The number of aromatic nitrogens is 2. The van der Waals surface area contributed by atoms with Gasteiger partial charge in [-0.1, -0.05) is 17.4 Å². The third kappa shape index (κ3) is 3.74. The molecule has 0 bridgehead atoms. The van der Waals surface area contributed by atoms with Crippen LogP contribution in [0, 0.1) is 10.1 Å². The first-order chi connectivity index (χ1) is 14.5. The van der Waals surface area contributed by atoms with Crippen LogP contribution < -0.4 is 15.8 Å². The maximum Gasteiger partial charge on any atom is 0.419 e. The fourth-order valence-electron chi connectivity index (χ4n) is 3.10. The van der Waals surface area contributed by atoms with Gasteiger partial charge in [-0.25, -0.2) is 9.78 Å². The Bertz CT molecular complexity index is 1320. The molecular formula is C19H16N4O6S. The molecule has 2 aromatic carbocycles. The van der Waals surface area contributed by atoms with Crippen molar-refractivity contribution in [2.45, 2.75) is 19.4 Å². The Kier molecular flexibility index (Phi) is 5.19. The number of nitrogens with one attached hydrogen (secondary N) is 1. The number of anilines is 1. The highest BCUT2D eigenvalue weighted by Gasteiger charge is 2.15. The second-order valence-corrected chi connectivity index (χ2v) is 7.44. The van der Waals surface area contributed by atoms with Crippen molar-refractivity contribution in [2.75, 3.05) is 12.4 Å². The number of hydrogen-bond acceptors (Lipinski definition) is 8. The van der Waals surface area contributed by atoms with Crippen molar-refractivity contribution >= 4 is 49.4 Å². The van der Waals surface area contributed by atoms with Gasteiger partial charge in [0.2, 0.25) is 5.91 Å². The number of thiazole rings is 1. The fourth-order valence-corrected chi connectivity index (χ4v) is 4.00. The van der Waals surface area contributed by atoms with Crippen molar-refractivity contribution in [1.82, 2.24) is 9.55 Å². The Morgan fingerprint density at radius 2 is 2.20 bits per heavy atom. The van der Waals surface area contributed by atoms with Gasteiger partial charge in [0, 0.05) is 19.0 Å². The monoisotopic (exact) mass is 428 g/mol. The number of nitro groups is 1. The highest BCUT2D eigenvalue weighted by molar-refractivity contribution is 7.22. The molecule has 0 saturated carbocycles. The summed E-state index contributed by atoms with van der Waals surface area (Å²) in [6, 6.07) is 9.53. The van der Waals surface area contributed by atoms with Crippen molar-refractivity contribution in [1.29, 1.82) is 0 Å². The second kappa shape index (κ2) is 7.95. The lowest BCUT2D eigenvalue weighted by molar-refractivity contribution is -0.384. The van der Waals surface area contributed by atoms with E-state index in [-0.39, 0.29) is 30.1 Å². The third-order valence-electron chi connectivity index (χ3n) is 4.50. The first-order valence-electron chi connectivity index (χ1n) is 8.97. The molecular weight excluding hydrogens is 412 g/mol. The van der Waals surface area contributed by atoms with Crippen LogP contribution in [0.1, 0.15) is 12.8 Å². The third-order valence-corrected chi connectivity index (χ3v) is 5.43. The van der Waals surface area contributed by atoms with E-state index in [0.29, 0.717) is 28.3 Å². The van der Waals surface area contributed by atoms with E-state index in [2.05, 4.69) is 10.3 Å². The summed E-state index contributed by atoms with van der Waals surface area (Å²) in [5.41, 5.74) is 1.12. The van der Waals surface area contributed by atoms with E-state index in [1.807, 2.05) is 12.1 Å². The molecule has 0 aliphatic carbocycles. The van der Waals surface area contributed by atoms with Crippen molar-refractivity contribution < 1.29 is 18.9 Å². The van der Waals surface area contributed by atoms with E-state index in [0.717, 1.165) is 4.70 Å².